The molecule has 1 aromatic rings. The van der Waals surface area contributed by atoms with Crippen molar-refractivity contribution in [1.82, 2.24) is 9.55 Å². The average molecular weight is 165 g/mol. The first-order valence-electron chi connectivity index (χ1n) is 4.52. The number of anilines is 1. The third-order valence-electron chi connectivity index (χ3n) is 2.58. The fourth-order valence-electron chi connectivity index (χ4n) is 1.69. The predicted molar refractivity (Wildman–Crippen MR) is 49.4 cm³/mol. The second-order valence-corrected chi connectivity index (χ2v) is 3.45. The summed E-state index contributed by atoms with van der Waals surface area (Å²) >= 11 is 0. The lowest BCUT2D eigenvalue weighted by molar-refractivity contribution is 0.804. The van der Waals surface area contributed by atoms with Crippen LogP contribution in [-0.2, 0) is 7.05 Å². The Kier molecular flexibility index (Phi) is 1.79. The molecule has 1 saturated heterocycles. The van der Waals surface area contributed by atoms with Crippen molar-refractivity contribution in [2.24, 2.45) is 7.05 Å². The molecule has 1 aliphatic rings. The monoisotopic (exact) mass is 165 g/mol. The summed E-state index contributed by atoms with van der Waals surface area (Å²) in [6.07, 6.45) is 4.56. The summed E-state index contributed by atoms with van der Waals surface area (Å²) in [5, 5.41) is 0. The number of nitrogens with zero attached hydrogens (tertiary/aromatic N) is 3. The van der Waals surface area contributed by atoms with E-state index in [-0.39, 0.29) is 0 Å². The Morgan fingerprint density at radius 3 is 2.50 bits per heavy atom. The first-order chi connectivity index (χ1) is 5.79. The Morgan fingerprint density at radius 1 is 1.33 bits per heavy atom. The van der Waals surface area contributed by atoms with Crippen LogP contribution in [0.4, 0.5) is 5.95 Å². The van der Waals surface area contributed by atoms with E-state index in [1.807, 2.05) is 6.20 Å². The summed E-state index contributed by atoms with van der Waals surface area (Å²) in [5.74, 6) is 1.13. The van der Waals surface area contributed by atoms with Gasteiger partial charge in [0.15, 0.2) is 0 Å². The van der Waals surface area contributed by atoms with E-state index in [1.54, 1.807) is 0 Å². The van der Waals surface area contributed by atoms with Crippen LogP contribution in [0.25, 0.3) is 0 Å². The highest BCUT2D eigenvalue weighted by atomic mass is 15.3. The van der Waals surface area contributed by atoms with E-state index in [9.17, 15) is 0 Å². The summed E-state index contributed by atoms with van der Waals surface area (Å²) in [4.78, 5) is 6.74. The molecule has 0 aliphatic carbocycles. The van der Waals surface area contributed by atoms with Crippen LogP contribution in [0.5, 0.6) is 0 Å². The van der Waals surface area contributed by atoms with Gasteiger partial charge in [-0.3, -0.25) is 0 Å². The van der Waals surface area contributed by atoms with Crippen molar-refractivity contribution >= 4 is 5.95 Å². The Balaban J connectivity index is 2.26. The molecular weight excluding hydrogens is 150 g/mol. The molecule has 0 unspecified atom stereocenters. The minimum absolute atomic E-state index is 1.13. The molecule has 0 spiro atoms. The van der Waals surface area contributed by atoms with Gasteiger partial charge < -0.3 is 9.47 Å². The van der Waals surface area contributed by atoms with Gasteiger partial charge in [0.1, 0.15) is 0 Å². The Morgan fingerprint density at radius 2 is 2.00 bits per heavy atom. The molecule has 2 rings (SSSR count). The molecule has 3 heteroatoms. The summed E-state index contributed by atoms with van der Waals surface area (Å²) in [5.41, 5.74) is 1.23. The number of hydrogen-bond donors (Lipinski definition) is 0. The van der Waals surface area contributed by atoms with Crippen LogP contribution in [-0.4, -0.2) is 22.6 Å². The van der Waals surface area contributed by atoms with Crippen molar-refractivity contribution < 1.29 is 0 Å². The molecule has 0 radical (unpaired) electrons. The highest BCUT2D eigenvalue weighted by Gasteiger charge is 2.16. The molecule has 0 atom stereocenters. The molecule has 0 aromatic carbocycles. The lowest BCUT2D eigenvalue weighted by atomic mass is 10.4. The number of imidazole rings is 1. The highest BCUT2D eigenvalue weighted by Crippen LogP contribution is 2.18. The molecule has 0 N–H and O–H groups in total. The van der Waals surface area contributed by atoms with Gasteiger partial charge in [0.2, 0.25) is 5.95 Å². The number of aromatic nitrogens is 2. The number of rotatable bonds is 1. The van der Waals surface area contributed by atoms with E-state index >= 15 is 0 Å². The molecule has 2 heterocycles. The van der Waals surface area contributed by atoms with Gasteiger partial charge in [-0.2, -0.15) is 0 Å². The van der Waals surface area contributed by atoms with Crippen LogP contribution >= 0.6 is 0 Å². The minimum atomic E-state index is 1.13. The normalized spacial score (nSPS) is 17.3. The minimum Gasteiger partial charge on any atom is -0.342 e. The topological polar surface area (TPSA) is 21.1 Å². The molecule has 66 valence electrons. The number of aryl methyl sites for hydroxylation is 1. The molecule has 1 aromatic heterocycles. The van der Waals surface area contributed by atoms with E-state index in [0.29, 0.717) is 0 Å². The van der Waals surface area contributed by atoms with Gasteiger partial charge in [-0.1, -0.05) is 0 Å². The lowest BCUT2D eigenvalue weighted by Crippen LogP contribution is -2.21. The molecule has 12 heavy (non-hydrogen) atoms. The third kappa shape index (κ3) is 1.09. The molecule has 1 aliphatic heterocycles. The average Bonchev–Trinajstić information content (AvgIpc) is 2.64. The van der Waals surface area contributed by atoms with E-state index < -0.39 is 0 Å². The van der Waals surface area contributed by atoms with Crippen molar-refractivity contribution in [2.75, 3.05) is 18.0 Å². The molecular formula is C9H15N3. The van der Waals surface area contributed by atoms with Crippen LogP contribution in [0, 0.1) is 6.92 Å². The molecule has 0 saturated carbocycles. The standard InChI is InChI=1S/C9H15N3/c1-8-7-10-9(11(8)2)12-5-3-4-6-12/h7H,3-6H2,1-2H3. The van der Waals surface area contributed by atoms with E-state index in [2.05, 4.69) is 28.4 Å². The maximum atomic E-state index is 4.39. The Labute approximate surface area is 73.0 Å². The number of hydrogen-bond acceptors (Lipinski definition) is 2. The smallest absolute Gasteiger partial charge is 0.205 e. The second-order valence-electron chi connectivity index (χ2n) is 3.45. The van der Waals surface area contributed by atoms with Crippen molar-refractivity contribution in [3.05, 3.63) is 11.9 Å². The SMILES string of the molecule is Cc1cnc(N2CCCC2)n1C. The van der Waals surface area contributed by atoms with Crippen molar-refractivity contribution in [3.63, 3.8) is 0 Å². The van der Waals surface area contributed by atoms with Crippen LogP contribution < -0.4 is 4.90 Å². The second kappa shape index (κ2) is 2.81. The Bertz CT molecular complexity index is 271. The van der Waals surface area contributed by atoms with Gasteiger partial charge in [-0.15, -0.1) is 0 Å². The maximum absolute atomic E-state index is 4.39. The highest BCUT2D eigenvalue weighted by molar-refractivity contribution is 5.34. The zero-order chi connectivity index (χ0) is 8.55. The Hall–Kier alpha value is -0.990. The van der Waals surface area contributed by atoms with Gasteiger partial charge in [0.05, 0.1) is 6.20 Å². The van der Waals surface area contributed by atoms with Gasteiger partial charge in [0, 0.05) is 25.8 Å². The zero-order valence-electron chi connectivity index (χ0n) is 7.75. The fraction of sp³-hybridized carbons (Fsp3) is 0.667. The van der Waals surface area contributed by atoms with E-state index in [4.69, 9.17) is 0 Å². The van der Waals surface area contributed by atoms with Gasteiger partial charge >= 0.3 is 0 Å². The third-order valence-corrected chi connectivity index (χ3v) is 2.58. The van der Waals surface area contributed by atoms with Crippen molar-refractivity contribution in [3.8, 4) is 0 Å². The molecule has 0 bridgehead atoms. The fourth-order valence-corrected chi connectivity index (χ4v) is 1.69. The van der Waals surface area contributed by atoms with Crippen molar-refractivity contribution in [1.29, 1.82) is 0 Å². The van der Waals surface area contributed by atoms with E-state index in [1.165, 1.54) is 31.6 Å². The van der Waals surface area contributed by atoms with Crippen LogP contribution in [0.3, 0.4) is 0 Å². The summed E-state index contributed by atoms with van der Waals surface area (Å²) in [7, 11) is 2.08. The quantitative estimate of drug-likeness (QED) is 0.626. The van der Waals surface area contributed by atoms with Crippen LogP contribution in [0.15, 0.2) is 6.20 Å². The summed E-state index contributed by atoms with van der Waals surface area (Å²) in [6, 6.07) is 0. The van der Waals surface area contributed by atoms with Gasteiger partial charge in [0.25, 0.3) is 0 Å². The van der Waals surface area contributed by atoms with Gasteiger partial charge in [-0.25, -0.2) is 4.98 Å². The molecule has 0 amide bonds. The first-order valence-corrected chi connectivity index (χ1v) is 4.52. The first kappa shape index (κ1) is 7.65. The maximum Gasteiger partial charge on any atom is 0.205 e. The van der Waals surface area contributed by atoms with Crippen molar-refractivity contribution in [2.45, 2.75) is 19.8 Å². The molecule has 3 nitrogen and oxygen atoms in total. The predicted octanol–water partition coefficient (Wildman–Crippen LogP) is 1.33. The van der Waals surface area contributed by atoms with Gasteiger partial charge in [-0.05, 0) is 19.8 Å². The lowest BCUT2D eigenvalue weighted by Gasteiger charge is -2.16. The van der Waals surface area contributed by atoms with Crippen LogP contribution in [0.1, 0.15) is 18.5 Å². The molecule has 1 fully saturated rings. The zero-order valence-corrected chi connectivity index (χ0v) is 7.75. The summed E-state index contributed by atoms with van der Waals surface area (Å²) in [6.45, 7) is 4.43. The van der Waals surface area contributed by atoms with Crippen LogP contribution in [0.2, 0.25) is 0 Å². The largest absolute Gasteiger partial charge is 0.342 e. The van der Waals surface area contributed by atoms with E-state index in [0.717, 1.165) is 5.95 Å². The summed E-state index contributed by atoms with van der Waals surface area (Å²) < 4.78 is 2.16.